The van der Waals surface area contributed by atoms with Crippen LogP contribution in [0.15, 0.2) is 0 Å². The van der Waals surface area contributed by atoms with Crippen molar-refractivity contribution in [2.24, 2.45) is 11.7 Å². The summed E-state index contributed by atoms with van der Waals surface area (Å²) in [6, 6.07) is 0.512. The Morgan fingerprint density at radius 3 is 2.30 bits per heavy atom. The molecule has 2 aliphatic rings. The second-order valence-corrected chi connectivity index (χ2v) is 6.92. The van der Waals surface area contributed by atoms with Crippen LogP contribution in [0.1, 0.15) is 32.1 Å². The van der Waals surface area contributed by atoms with Gasteiger partial charge in [-0.3, -0.25) is 10.1 Å². The van der Waals surface area contributed by atoms with E-state index in [1.165, 1.54) is 12.8 Å². The highest BCUT2D eigenvalue weighted by atomic mass is 16.1. The van der Waals surface area contributed by atoms with E-state index in [1.807, 2.05) is 0 Å². The SMILES string of the molecule is CN(C)CCCN(C)CC(NC1CC1)(C(N)=O)C1CC1. The standard InChI is InChI=1S/C15H30N4O/c1-18(2)9-4-10-19(3)11-15(14(16)20,12-5-6-12)17-13-7-8-13/h12-13,17H,4-11H2,1-3H3,(H2,16,20). The molecule has 116 valence electrons. The number of hydrogen-bond acceptors (Lipinski definition) is 4. The number of amides is 1. The minimum absolute atomic E-state index is 0.161. The van der Waals surface area contributed by atoms with E-state index < -0.39 is 5.54 Å². The van der Waals surface area contributed by atoms with Crippen molar-refractivity contribution in [2.45, 2.75) is 43.7 Å². The van der Waals surface area contributed by atoms with E-state index >= 15 is 0 Å². The number of rotatable bonds is 10. The molecule has 20 heavy (non-hydrogen) atoms. The number of hydrogen-bond donors (Lipinski definition) is 2. The lowest BCUT2D eigenvalue weighted by Gasteiger charge is -2.36. The van der Waals surface area contributed by atoms with Gasteiger partial charge in [0, 0.05) is 12.6 Å². The smallest absolute Gasteiger partial charge is 0.239 e. The average molecular weight is 282 g/mol. The molecular formula is C15H30N4O. The molecule has 2 fully saturated rings. The molecule has 0 bridgehead atoms. The molecule has 2 saturated carbocycles. The first-order chi connectivity index (χ1) is 9.44. The number of likely N-dealkylation sites (N-methyl/N-ethyl adjacent to an activating group) is 1. The monoisotopic (exact) mass is 282 g/mol. The van der Waals surface area contributed by atoms with Gasteiger partial charge in [-0.2, -0.15) is 0 Å². The number of nitrogens with one attached hydrogen (secondary N) is 1. The van der Waals surface area contributed by atoms with Crippen LogP contribution in [0.4, 0.5) is 0 Å². The maximum absolute atomic E-state index is 12.1. The normalized spacial score (nSPS) is 22.2. The molecule has 0 aromatic rings. The van der Waals surface area contributed by atoms with Crippen molar-refractivity contribution in [3.8, 4) is 0 Å². The van der Waals surface area contributed by atoms with Crippen LogP contribution >= 0.6 is 0 Å². The summed E-state index contributed by atoms with van der Waals surface area (Å²) in [7, 11) is 6.28. The van der Waals surface area contributed by atoms with Crippen molar-refractivity contribution in [3.05, 3.63) is 0 Å². The van der Waals surface area contributed by atoms with E-state index in [4.69, 9.17) is 5.73 Å². The summed E-state index contributed by atoms with van der Waals surface area (Å²) in [5.74, 6) is 0.281. The van der Waals surface area contributed by atoms with E-state index in [2.05, 4.69) is 36.3 Å². The van der Waals surface area contributed by atoms with Gasteiger partial charge in [0.05, 0.1) is 0 Å². The Kier molecular flexibility index (Phi) is 5.04. The third-order valence-electron chi connectivity index (χ3n) is 4.42. The minimum Gasteiger partial charge on any atom is -0.368 e. The molecule has 2 rings (SSSR count). The molecule has 3 N–H and O–H groups in total. The zero-order chi connectivity index (χ0) is 14.8. The summed E-state index contributed by atoms with van der Waals surface area (Å²) in [4.78, 5) is 16.6. The van der Waals surface area contributed by atoms with Crippen LogP contribution in [0.3, 0.4) is 0 Å². The van der Waals surface area contributed by atoms with Gasteiger partial charge in [-0.05, 0) is 72.3 Å². The Hall–Kier alpha value is -0.650. The fourth-order valence-electron chi connectivity index (χ4n) is 2.97. The van der Waals surface area contributed by atoms with Gasteiger partial charge in [-0.25, -0.2) is 0 Å². The summed E-state index contributed by atoms with van der Waals surface area (Å²) in [6.45, 7) is 2.83. The second-order valence-electron chi connectivity index (χ2n) is 6.92. The first-order valence-corrected chi connectivity index (χ1v) is 7.85. The molecule has 2 aliphatic carbocycles. The predicted molar refractivity (Wildman–Crippen MR) is 81.5 cm³/mol. The zero-order valence-corrected chi connectivity index (χ0v) is 13.2. The molecule has 0 aromatic carbocycles. The molecule has 1 amide bonds. The fraction of sp³-hybridized carbons (Fsp3) is 0.933. The minimum atomic E-state index is -0.492. The van der Waals surface area contributed by atoms with Crippen LogP contribution in [-0.2, 0) is 4.79 Å². The summed E-state index contributed by atoms with van der Waals surface area (Å²) in [5.41, 5.74) is 5.29. The van der Waals surface area contributed by atoms with E-state index in [-0.39, 0.29) is 5.91 Å². The van der Waals surface area contributed by atoms with Crippen molar-refractivity contribution in [3.63, 3.8) is 0 Å². The van der Waals surface area contributed by atoms with Crippen molar-refractivity contribution in [2.75, 3.05) is 40.8 Å². The Bertz CT molecular complexity index is 339. The Labute approximate surface area is 122 Å². The molecule has 0 saturated heterocycles. The lowest BCUT2D eigenvalue weighted by Crippen LogP contribution is -2.63. The highest BCUT2D eigenvalue weighted by Gasteiger charge is 2.52. The predicted octanol–water partition coefficient (Wildman–Crippen LogP) is 0.256. The number of carbonyl (C=O) groups excluding carboxylic acids is 1. The summed E-state index contributed by atoms with van der Waals surface area (Å²) in [5, 5.41) is 3.57. The second kappa shape index (κ2) is 6.41. The van der Waals surface area contributed by atoms with Gasteiger partial charge in [0.2, 0.25) is 5.91 Å². The topological polar surface area (TPSA) is 61.6 Å². The van der Waals surface area contributed by atoms with Crippen LogP contribution in [0.2, 0.25) is 0 Å². The lowest BCUT2D eigenvalue weighted by molar-refractivity contribution is -0.126. The number of carbonyl (C=O) groups is 1. The third kappa shape index (κ3) is 4.17. The van der Waals surface area contributed by atoms with Crippen LogP contribution in [0.5, 0.6) is 0 Å². The van der Waals surface area contributed by atoms with Gasteiger partial charge in [0.1, 0.15) is 5.54 Å². The summed E-state index contributed by atoms with van der Waals surface area (Å²) in [6.07, 6.45) is 5.76. The van der Waals surface area contributed by atoms with Crippen molar-refractivity contribution in [1.29, 1.82) is 0 Å². The highest BCUT2D eigenvalue weighted by molar-refractivity contribution is 5.86. The van der Waals surface area contributed by atoms with E-state index in [0.29, 0.717) is 12.0 Å². The van der Waals surface area contributed by atoms with E-state index in [9.17, 15) is 4.79 Å². The first kappa shape index (κ1) is 15.7. The van der Waals surface area contributed by atoms with Gasteiger partial charge in [-0.1, -0.05) is 0 Å². The van der Waals surface area contributed by atoms with Gasteiger partial charge < -0.3 is 15.5 Å². The van der Waals surface area contributed by atoms with E-state index in [0.717, 1.165) is 38.9 Å². The van der Waals surface area contributed by atoms with Gasteiger partial charge in [0.25, 0.3) is 0 Å². The third-order valence-corrected chi connectivity index (χ3v) is 4.42. The zero-order valence-electron chi connectivity index (χ0n) is 13.2. The molecule has 5 heteroatoms. The molecule has 0 aliphatic heterocycles. The average Bonchev–Trinajstić information content (AvgIpc) is 3.21. The first-order valence-electron chi connectivity index (χ1n) is 7.85. The van der Waals surface area contributed by atoms with Crippen LogP contribution < -0.4 is 11.1 Å². The van der Waals surface area contributed by atoms with Crippen LogP contribution in [0.25, 0.3) is 0 Å². The maximum atomic E-state index is 12.1. The van der Waals surface area contributed by atoms with Gasteiger partial charge in [-0.15, -0.1) is 0 Å². The van der Waals surface area contributed by atoms with Crippen LogP contribution in [0, 0.1) is 5.92 Å². The molecule has 0 radical (unpaired) electrons. The number of primary amides is 1. The summed E-state index contributed by atoms with van der Waals surface area (Å²) < 4.78 is 0. The largest absolute Gasteiger partial charge is 0.368 e. The molecule has 1 atom stereocenters. The van der Waals surface area contributed by atoms with Gasteiger partial charge in [0.15, 0.2) is 0 Å². The lowest BCUT2D eigenvalue weighted by atomic mass is 9.91. The molecule has 0 heterocycles. The van der Waals surface area contributed by atoms with Crippen LogP contribution in [-0.4, -0.2) is 68.1 Å². The Morgan fingerprint density at radius 2 is 1.85 bits per heavy atom. The molecule has 5 nitrogen and oxygen atoms in total. The Morgan fingerprint density at radius 1 is 1.20 bits per heavy atom. The molecular weight excluding hydrogens is 252 g/mol. The van der Waals surface area contributed by atoms with Crippen molar-refractivity contribution < 1.29 is 4.79 Å². The number of nitrogens with two attached hydrogens (primary N) is 1. The molecule has 1 unspecified atom stereocenters. The van der Waals surface area contributed by atoms with Gasteiger partial charge >= 0.3 is 0 Å². The Balaban J connectivity index is 1.90. The maximum Gasteiger partial charge on any atom is 0.239 e. The van der Waals surface area contributed by atoms with Crippen molar-refractivity contribution in [1.82, 2.24) is 15.1 Å². The van der Waals surface area contributed by atoms with E-state index in [1.54, 1.807) is 0 Å². The summed E-state index contributed by atoms with van der Waals surface area (Å²) >= 11 is 0. The number of nitrogens with zero attached hydrogens (tertiary/aromatic N) is 2. The highest BCUT2D eigenvalue weighted by Crippen LogP contribution is 2.42. The quantitative estimate of drug-likeness (QED) is 0.603. The fourth-order valence-corrected chi connectivity index (χ4v) is 2.97. The molecule has 0 spiro atoms. The van der Waals surface area contributed by atoms with Crippen molar-refractivity contribution >= 4 is 5.91 Å². The molecule has 0 aromatic heterocycles.